The maximum Gasteiger partial charge on any atom is 0.257 e. The third-order valence-electron chi connectivity index (χ3n) is 3.19. The largest absolute Gasteiger partial charge is 0.298 e. The van der Waals surface area contributed by atoms with Crippen LogP contribution in [0.15, 0.2) is 41.3 Å². The summed E-state index contributed by atoms with van der Waals surface area (Å²) in [5, 5.41) is 3.89. The van der Waals surface area contributed by atoms with E-state index < -0.39 is 15.7 Å². The maximum absolute atomic E-state index is 12.3. The molecule has 2 aromatic carbocycles. The Balaban J connectivity index is 1.93. The number of sulfone groups is 1. The fourth-order valence-corrected chi connectivity index (χ4v) is 4.12. The van der Waals surface area contributed by atoms with Crippen LogP contribution in [0.3, 0.4) is 0 Å². The first kappa shape index (κ1) is 17.2. The first-order chi connectivity index (χ1) is 11.3. The van der Waals surface area contributed by atoms with Gasteiger partial charge in [-0.25, -0.2) is 13.4 Å². The Hall–Kier alpha value is -1.67. The van der Waals surface area contributed by atoms with Crippen molar-refractivity contribution < 1.29 is 13.2 Å². The average Bonchev–Trinajstić information content (AvgIpc) is 2.95. The Morgan fingerprint density at radius 2 is 1.88 bits per heavy atom. The highest BCUT2D eigenvalue weighted by Gasteiger charge is 2.15. The van der Waals surface area contributed by atoms with Gasteiger partial charge >= 0.3 is 0 Å². The molecular weight excluding hydrogens is 391 g/mol. The van der Waals surface area contributed by atoms with Crippen molar-refractivity contribution in [1.29, 1.82) is 0 Å². The molecule has 3 rings (SSSR count). The van der Waals surface area contributed by atoms with Gasteiger partial charge in [-0.1, -0.05) is 40.6 Å². The Morgan fingerprint density at radius 1 is 1.17 bits per heavy atom. The van der Waals surface area contributed by atoms with E-state index in [9.17, 15) is 13.2 Å². The van der Waals surface area contributed by atoms with Gasteiger partial charge in [-0.2, -0.15) is 0 Å². The van der Waals surface area contributed by atoms with Crippen LogP contribution in [0, 0.1) is 0 Å². The first-order valence-electron chi connectivity index (χ1n) is 6.62. The minimum absolute atomic E-state index is 0.0746. The van der Waals surface area contributed by atoms with Crippen LogP contribution in [-0.4, -0.2) is 25.6 Å². The smallest absolute Gasteiger partial charge is 0.257 e. The number of halogens is 2. The second kappa shape index (κ2) is 6.33. The number of rotatable bonds is 3. The summed E-state index contributed by atoms with van der Waals surface area (Å²) in [6.07, 6.45) is 1.08. The Bertz CT molecular complexity index is 1020. The van der Waals surface area contributed by atoms with Crippen LogP contribution < -0.4 is 5.32 Å². The molecule has 0 fully saturated rings. The zero-order chi connectivity index (χ0) is 17.5. The molecule has 0 unspecified atom stereocenters. The number of fused-ring (bicyclic) bond motifs is 1. The molecule has 0 bridgehead atoms. The molecule has 0 atom stereocenters. The molecule has 5 nitrogen and oxygen atoms in total. The molecule has 1 N–H and O–H groups in total. The minimum atomic E-state index is -3.39. The summed E-state index contributed by atoms with van der Waals surface area (Å²) in [6.45, 7) is 0. The Labute approximate surface area is 152 Å². The lowest BCUT2D eigenvalue weighted by atomic mass is 10.2. The van der Waals surface area contributed by atoms with Crippen molar-refractivity contribution in [3.63, 3.8) is 0 Å². The quantitative estimate of drug-likeness (QED) is 0.712. The molecule has 0 saturated carbocycles. The normalized spacial score (nSPS) is 11.6. The van der Waals surface area contributed by atoms with Crippen molar-refractivity contribution in [3.8, 4) is 0 Å². The molecule has 3 aromatic rings. The van der Waals surface area contributed by atoms with Crippen LogP contribution in [0.5, 0.6) is 0 Å². The number of nitrogens with zero attached hydrogens (tertiary/aromatic N) is 1. The van der Waals surface area contributed by atoms with E-state index in [0.29, 0.717) is 25.4 Å². The number of nitrogens with one attached hydrogen (secondary N) is 1. The van der Waals surface area contributed by atoms with Crippen molar-refractivity contribution in [1.82, 2.24) is 4.98 Å². The number of hydrogen-bond donors (Lipinski definition) is 1. The Morgan fingerprint density at radius 3 is 2.54 bits per heavy atom. The number of anilines is 1. The SMILES string of the molecule is CS(=O)(=O)c1cccc(C(=O)Nc2nc3c(Cl)ccc(Cl)c3s2)c1. The number of benzene rings is 2. The predicted octanol–water partition coefficient (Wildman–Crippen LogP) is 4.26. The van der Waals surface area contributed by atoms with E-state index in [4.69, 9.17) is 23.2 Å². The summed E-state index contributed by atoms with van der Waals surface area (Å²) >= 11 is 13.4. The highest BCUT2D eigenvalue weighted by Crippen LogP contribution is 2.36. The van der Waals surface area contributed by atoms with Crippen molar-refractivity contribution in [3.05, 3.63) is 52.0 Å². The summed E-state index contributed by atoms with van der Waals surface area (Å²) in [7, 11) is -3.39. The third-order valence-corrected chi connectivity index (χ3v) is 6.04. The first-order valence-corrected chi connectivity index (χ1v) is 10.1. The molecule has 124 valence electrons. The molecule has 1 aromatic heterocycles. The molecule has 0 aliphatic heterocycles. The third kappa shape index (κ3) is 3.39. The second-order valence-electron chi connectivity index (χ2n) is 4.98. The number of carbonyl (C=O) groups excluding carboxylic acids is 1. The lowest BCUT2D eigenvalue weighted by Crippen LogP contribution is -2.12. The molecule has 9 heteroatoms. The van der Waals surface area contributed by atoms with Gasteiger partial charge in [-0.15, -0.1) is 0 Å². The molecule has 0 aliphatic carbocycles. The molecular formula is C15H10Cl2N2O3S2. The number of thiazole rings is 1. The summed E-state index contributed by atoms with van der Waals surface area (Å²) in [4.78, 5) is 16.7. The molecule has 0 saturated heterocycles. The van der Waals surface area contributed by atoms with Crippen LogP contribution in [0.25, 0.3) is 10.2 Å². The number of carbonyl (C=O) groups is 1. The van der Waals surface area contributed by atoms with Crippen LogP contribution in [0.4, 0.5) is 5.13 Å². The second-order valence-corrected chi connectivity index (χ2v) is 8.81. The lowest BCUT2D eigenvalue weighted by Gasteiger charge is -2.03. The fraction of sp³-hybridized carbons (Fsp3) is 0.0667. The van der Waals surface area contributed by atoms with E-state index in [1.807, 2.05) is 0 Å². The van der Waals surface area contributed by atoms with Gasteiger partial charge in [0.25, 0.3) is 5.91 Å². The average molecular weight is 401 g/mol. The van der Waals surface area contributed by atoms with Gasteiger partial charge in [0.15, 0.2) is 15.0 Å². The van der Waals surface area contributed by atoms with E-state index in [0.717, 1.165) is 6.26 Å². The van der Waals surface area contributed by atoms with Gasteiger partial charge in [0.05, 0.1) is 19.6 Å². The number of aromatic nitrogens is 1. The van der Waals surface area contributed by atoms with Crippen LogP contribution in [0.1, 0.15) is 10.4 Å². The van der Waals surface area contributed by atoms with Crippen molar-refractivity contribution in [2.75, 3.05) is 11.6 Å². The molecule has 0 spiro atoms. The van der Waals surface area contributed by atoms with Gasteiger partial charge in [0.1, 0.15) is 5.52 Å². The maximum atomic E-state index is 12.3. The summed E-state index contributed by atoms with van der Waals surface area (Å²) in [5.41, 5.74) is 0.726. The van der Waals surface area contributed by atoms with Crippen LogP contribution >= 0.6 is 34.5 Å². The predicted molar refractivity (Wildman–Crippen MR) is 97.1 cm³/mol. The Kier molecular flexibility index (Phi) is 4.52. The van der Waals surface area contributed by atoms with Crippen LogP contribution in [0.2, 0.25) is 10.0 Å². The van der Waals surface area contributed by atoms with Gasteiger partial charge in [-0.05, 0) is 30.3 Å². The van der Waals surface area contributed by atoms with Crippen molar-refractivity contribution in [2.45, 2.75) is 4.90 Å². The van der Waals surface area contributed by atoms with Gasteiger partial charge in [0, 0.05) is 11.8 Å². The number of amides is 1. The monoisotopic (exact) mass is 400 g/mol. The van der Waals surface area contributed by atoms with Crippen LogP contribution in [-0.2, 0) is 9.84 Å². The summed E-state index contributed by atoms with van der Waals surface area (Å²) in [6, 6.07) is 9.08. The number of hydrogen-bond acceptors (Lipinski definition) is 5. The van der Waals surface area contributed by atoms with E-state index in [-0.39, 0.29) is 10.5 Å². The highest BCUT2D eigenvalue weighted by molar-refractivity contribution is 7.90. The molecule has 0 aliphatic rings. The summed E-state index contributed by atoms with van der Waals surface area (Å²) < 4.78 is 23.8. The summed E-state index contributed by atoms with van der Waals surface area (Å²) in [5.74, 6) is -0.466. The lowest BCUT2D eigenvalue weighted by molar-refractivity contribution is 0.102. The van der Waals surface area contributed by atoms with Gasteiger partial charge in [0.2, 0.25) is 0 Å². The molecule has 1 amide bonds. The van der Waals surface area contributed by atoms with Crippen molar-refractivity contribution >= 4 is 65.6 Å². The molecule has 24 heavy (non-hydrogen) atoms. The van der Waals surface area contributed by atoms with E-state index in [1.165, 1.54) is 35.6 Å². The zero-order valence-corrected chi connectivity index (χ0v) is 15.4. The van der Waals surface area contributed by atoms with E-state index >= 15 is 0 Å². The topological polar surface area (TPSA) is 76.1 Å². The van der Waals surface area contributed by atoms with Gasteiger partial charge in [-0.3, -0.25) is 10.1 Å². The van der Waals surface area contributed by atoms with Crippen molar-refractivity contribution in [2.24, 2.45) is 0 Å². The van der Waals surface area contributed by atoms with Gasteiger partial charge < -0.3 is 0 Å². The minimum Gasteiger partial charge on any atom is -0.298 e. The highest BCUT2D eigenvalue weighted by atomic mass is 35.5. The molecule has 0 radical (unpaired) electrons. The van der Waals surface area contributed by atoms with E-state index in [2.05, 4.69) is 10.3 Å². The standard InChI is InChI=1S/C15H10Cl2N2O3S2/c1-24(21,22)9-4-2-3-8(7-9)14(20)19-15-18-12-10(16)5-6-11(17)13(12)23-15/h2-7H,1H3,(H,18,19,20). The van der Waals surface area contributed by atoms with E-state index in [1.54, 1.807) is 12.1 Å². The zero-order valence-electron chi connectivity index (χ0n) is 12.2. The molecule has 1 heterocycles. The fourth-order valence-electron chi connectivity index (χ4n) is 2.04.